The van der Waals surface area contributed by atoms with Gasteiger partial charge in [-0.25, -0.2) is 4.68 Å². The smallest absolute Gasteiger partial charge is 0.150 e. The van der Waals surface area contributed by atoms with Crippen molar-refractivity contribution in [1.29, 1.82) is 0 Å². The van der Waals surface area contributed by atoms with Gasteiger partial charge in [-0.1, -0.05) is 23.4 Å². The van der Waals surface area contributed by atoms with Crippen LogP contribution < -0.4 is 0 Å². The van der Waals surface area contributed by atoms with Crippen LogP contribution in [0.15, 0.2) is 30.5 Å². The zero-order valence-corrected chi connectivity index (χ0v) is 8.58. The second-order valence-electron chi connectivity index (χ2n) is 3.43. The van der Waals surface area contributed by atoms with Gasteiger partial charge in [0.05, 0.1) is 19.3 Å². The van der Waals surface area contributed by atoms with Gasteiger partial charge in [-0.3, -0.25) is 4.79 Å². The van der Waals surface area contributed by atoms with E-state index in [4.69, 9.17) is 5.11 Å². The second kappa shape index (κ2) is 4.67. The van der Waals surface area contributed by atoms with Crippen LogP contribution in [0.4, 0.5) is 0 Å². The van der Waals surface area contributed by atoms with E-state index in [1.54, 1.807) is 23.0 Å². The molecule has 1 N–H and O–H groups in total. The number of carbonyl (C=O) groups is 1. The molecule has 0 bridgehead atoms. The Balaban J connectivity index is 2.16. The Kier molecular flexibility index (Phi) is 3.07. The summed E-state index contributed by atoms with van der Waals surface area (Å²) in [5, 5.41) is 16.5. The highest BCUT2D eigenvalue weighted by Crippen LogP contribution is 2.05. The first-order valence-electron chi connectivity index (χ1n) is 4.86. The summed E-state index contributed by atoms with van der Waals surface area (Å²) in [6.07, 6.45) is 2.48. The van der Waals surface area contributed by atoms with Crippen molar-refractivity contribution in [3.8, 4) is 0 Å². The number of aldehydes is 1. The summed E-state index contributed by atoms with van der Waals surface area (Å²) in [5.41, 5.74) is 2.14. The molecule has 0 radical (unpaired) electrons. The molecule has 5 nitrogen and oxygen atoms in total. The molecule has 0 atom stereocenters. The maximum atomic E-state index is 10.6. The SMILES string of the molecule is O=Cc1cccc(Cn2cc(CO)nn2)c1. The molecule has 0 fully saturated rings. The molecular weight excluding hydrogens is 206 g/mol. The molecule has 0 saturated heterocycles. The standard InChI is InChI=1S/C11H11N3O2/c15-7-10-3-1-2-9(4-10)5-14-6-11(8-16)12-13-14/h1-4,6-7,16H,5,8H2. The third kappa shape index (κ3) is 2.32. The van der Waals surface area contributed by atoms with Gasteiger partial charge in [0.2, 0.25) is 0 Å². The summed E-state index contributed by atoms with van der Waals surface area (Å²) in [6.45, 7) is 0.420. The van der Waals surface area contributed by atoms with E-state index in [1.807, 2.05) is 12.1 Å². The minimum atomic E-state index is -0.117. The molecular formula is C11H11N3O2. The van der Waals surface area contributed by atoms with E-state index in [0.29, 0.717) is 17.8 Å². The molecule has 2 aromatic rings. The van der Waals surface area contributed by atoms with Gasteiger partial charge >= 0.3 is 0 Å². The fourth-order valence-corrected chi connectivity index (χ4v) is 1.44. The Labute approximate surface area is 92.3 Å². The van der Waals surface area contributed by atoms with Crippen molar-refractivity contribution in [2.24, 2.45) is 0 Å². The van der Waals surface area contributed by atoms with Gasteiger partial charge in [-0.2, -0.15) is 0 Å². The first kappa shape index (κ1) is 10.5. The van der Waals surface area contributed by atoms with Crippen molar-refractivity contribution >= 4 is 6.29 Å². The van der Waals surface area contributed by atoms with Crippen LogP contribution in [-0.2, 0) is 13.2 Å². The van der Waals surface area contributed by atoms with Crippen LogP contribution in [0.2, 0.25) is 0 Å². The Bertz CT molecular complexity index is 493. The molecule has 82 valence electrons. The van der Waals surface area contributed by atoms with Gasteiger partial charge in [-0.15, -0.1) is 5.10 Å². The van der Waals surface area contributed by atoms with Gasteiger partial charge in [0.1, 0.15) is 12.0 Å². The summed E-state index contributed by atoms with van der Waals surface area (Å²) in [6, 6.07) is 7.28. The summed E-state index contributed by atoms with van der Waals surface area (Å²) >= 11 is 0. The monoisotopic (exact) mass is 217 g/mol. The van der Waals surface area contributed by atoms with Gasteiger partial charge in [-0.05, 0) is 11.6 Å². The molecule has 1 aromatic heterocycles. The zero-order valence-electron chi connectivity index (χ0n) is 8.58. The van der Waals surface area contributed by atoms with Gasteiger partial charge < -0.3 is 5.11 Å². The normalized spacial score (nSPS) is 10.3. The molecule has 2 rings (SSSR count). The lowest BCUT2D eigenvalue weighted by molar-refractivity contribution is 0.112. The molecule has 0 aliphatic carbocycles. The Morgan fingerprint density at radius 2 is 2.31 bits per heavy atom. The molecule has 0 unspecified atom stereocenters. The second-order valence-corrected chi connectivity index (χ2v) is 3.43. The van der Waals surface area contributed by atoms with Crippen LogP contribution in [0.5, 0.6) is 0 Å². The molecule has 0 amide bonds. The first-order valence-corrected chi connectivity index (χ1v) is 4.86. The van der Waals surface area contributed by atoms with Crippen molar-refractivity contribution in [2.45, 2.75) is 13.2 Å². The minimum absolute atomic E-state index is 0.117. The van der Waals surface area contributed by atoms with Crippen LogP contribution in [0.25, 0.3) is 0 Å². The lowest BCUT2D eigenvalue weighted by Gasteiger charge is -2.01. The van der Waals surface area contributed by atoms with Gasteiger partial charge in [0.15, 0.2) is 0 Å². The average Bonchev–Trinajstić information content (AvgIpc) is 2.77. The molecule has 0 aliphatic rings. The Hall–Kier alpha value is -2.01. The summed E-state index contributed by atoms with van der Waals surface area (Å²) in [4.78, 5) is 10.6. The van der Waals surface area contributed by atoms with Crippen LogP contribution in [0, 0.1) is 0 Å². The summed E-state index contributed by atoms with van der Waals surface area (Å²) in [7, 11) is 0. The van der Waals surface area contributed by atoms with E-state index in [0.717, 1.165) is 11.8 Å². The lowest BCUT2D eigenvalue weighted by Crippen LogP contribution is -2.00. The third-order valence-corrected chi connectivity index (χ3v) is 2.18. The predicted octanol–water partition coefficient (Wildman–Crippen LogP) is 0.631. The van der Waals surface area contributed by atoms with E-state index in [1.165, 1.54) is 0 Å². The minimum Gasteiger partial charge on any atom is -0.390 e. The number of aromatic nitrogens is 3. The van der Waals surface area contributed by atoms with Gasteiger partial charge in [0, 0.05) is 5.56 Å². The number of hydrogen-bond donors (Lipinski definition) is 1. The number of aliphatic hydroxyl groups is 1. The summed E-state index contributed by atoms with van der Waals surface area (Å²) in [5.74, 6) is 0. The Morgan fingerprint density at radius 1 is 1.44 bits per heavy atom. The number of nitrogens with zero attached hydrogens (tertiary/aromatic N) is 3. The first-order chi connectivity index (χ1) is 7.81. The average molecular weight is 217 g/mol. The maximum absolute atomic E-state index is 10.6. The molecule has 0 aliphatic heterocycles. The Morgan fingerprint density at radius 3 is 3.00 bits per heavy atom. The largest absolute Gasteiger partial charge is 0.390 e. The van der Waals surface area contributed by atoms with Crippen molar-refractivity contribution in [3.05, 3.63) is 47.3 Å². The quantitative estimate of drug-likeness (QED) is 0.763. The van der Waals surface area contributed by atoms with E-state index < -0.39 is 0 Å². The molecule has 0 saturated carbocycles. The molecule has 1 heterocycles. The van der Waals surface area contributed by atoms with Crippen LogP contribution in [0.3, 0.4) is 0 Å². The third-order valence-electron chi connectivity index (χ3n) is 2.18. The fourth-order valence-electron chi connectivity index (χ4n) is 1.44. The van der Waals surface area contributed by atoms with Crippen molar-refractivity contribution in [2.75, 3.05) is 0 Å². The van der Waals surface area contributed by atoms with Crippen LogP contribution in [-0.4, -0.2) is 26.4 Å². The zero-order chi connectivity index (χ0) is 11.4. The van der Waals surface area contributed by atoms with E-state index in [-0.39, 0.29) is 6.61 Å². The topological polar surface area (TPSA) is 68.0 Å². The molecule has 16 heavy (non-hydrogen) atoms. The van der Waals surface area contributed by atoms with Crippen molar-refractivity contribution in [1.82, 2.24) is 15.0 Å². The maximum Gasteiger partial charge on any atom is 0.150 e. The molecule has 1 aromatic carbocycles. The lowest BCUT2D eigenvalue weighted by atomic mass is 10.1. The van der Waals surface area contributed by atoms with E-state index in [2.05, 4.69) is 10.3 Å². The molecule has 5 heteroatoms. The number of benzene rings is 1. The van der Waals surface area contributed by atoms with E-state index in [9.17, 15) is 4.79 Å². The van der Waals surface area contributed by atoms with Crippen LogP contribution >= 0.6 is 0 Å². The number of aliphatic hydroxyl groups excluding tert-OH is 1. The fraction of sp³-hybridized carbons (Fsp3) is 0.182. The predicted molar refractivity (Wildman–Crippen MR) is 56.9 cm³/mol. The number of carbonyl (C=O) groups excluding carboxylic acids is 1. The van der Waals surface area contributed by atoms with Gasteiger partial charge in [0.25, 0.3) is 0 Å². The van der Waals surface area contributed by atoms with Crippen molar-refractivity contribution < 1.29 is 9.90 Å². The highest BCUT2D eigenvalue weighted by molar-refractivity contribution is 5.74. The number of rotatable bonds is 4. The molecule has 0 spiro atoms. The van der Waals surface area contributed by atoms with Crippen LogP contribution in [0.1, 0.15) is 21.6 Å². The highest BCUT2D eigenvalue weighted by Gasteiger charge is 2.00. The number of hydrogen-bond acceptors (Lipinski definition) is 4. The highest BCUT2D eigenvalue weighted by atomic mass is 16.3. The van der Waals surface area contributed by atoms with Crippen molar-refractivity contribution in [3.63, 3.8) is 0 Å². The summed E-state index contributed by atoms with van der Waals surface area (Å²) < 4.78 is 1.62. The van der Waals surface area contributed by atoms with E-state index >= 15 is 0 Å².